The van der Waals surface area contributed by atoms with E-state index in [9.17, 15) is 4.79 Å². The molecule has 27 heavy (non-hydrogen) atoms. The van der Waals surface area contributed by atoms with Gasteiger partial charge in [-0.05, 0) is 37.3 Å². The number of hydrogen-bond acceptors (Lipinski definition) is 4. The third-order valence-electron chi connectivity index (χ3n) is 3.74. The average Bonchev–Trinajstić information content (AvgIpc) is 3.27. The molecule has 1 N–H and O–H groups in total. The number of rotatable bonds is 7. The van der Waals surface area contributed by atoms with Crippen LogP contribution in [-0.2, 0) is 19.7 Å². The summed E-state index contributed by atoms with van der Waals surface area (Å²) < 4.78 is 12.9. The van der Waals surface area contributed by atoms with Gasteiger partial charge in [-0.15, -0.1) is 0 Å². The van der Waals surface area contributed by atoms with Gasteiger partial charge >= 0.3 is 0 Å². The minimum atomic E-state index is -0.326. The summed E-state index contributed by atoms with van der Waals surface area (Å²) in [5.74, 6) is 0.621. The molecule has 9 heteroatoms. The predicted octanol–water partition coefficient (Wildman–Crippen LogP) is 4.97. The Morgan fingerprint density at radius 1 is 1.22 bits per heavy atom. The van der Waals surface area contributed by atoms with Gasteiger partial charge in [-0.1, -0.05) is 34.8 Å². The molecule has 3 aromatic rings. The van der Waals surface area contributed by atoms with Crippen LogP contribution in [0.25, 0.3) is 0 Å². The number of nitrogens with zero attached hydrogens (tertiary/aromatic N) is 2. The number of carbonyl (C=O) groups excluding carboxylic acids is 1. The Morgan fingerprint density at radius 3 is 2.67 bits per heavy atom. The summed E-state index contributed by atoms with van der Waals surface area (Å²) in [5.41, 5.74) is 0.910. The molecule has 1 aromatic carbocycles. The van der Waals surface area contributed by atoms with Crippen molar-refractivity contribution in [3.63, 3.8) is 0 Å². The molecule has 0 atom stereocenters. The summed E-state index contributed by atoms with van der Waals surface area (Å²) in [6.07, 6.45) is 1.69. The van der Waals surface area contributed by atoms with Crippen molar-refractivity contribution in [1.82, 2.24) is 15.1 Å². The molecule has 0 aliphatic rings. The van der Waals surface area contributed by atoms with Crippen molar-refractivity contribution in [1.29, 1.82) is 0 Å². The Labute approximate surface area is 171 Å². The second-order valence-electron chi connectivity index (χ2n) is 5.57. The van der Waals surface area contributed by atoms with Gasteiger partial charge in [0, 0.05) is 17.8 Å². The Kier molecular flexibility index (Phi) is 6.31. The lowest BCUT2D eigenvalue weighted by atomic mass is 10.3. The lowest BCUT2D eigenvalue weighted by Crippen LogP contribution is -2.24. The second kappa shape index (κ2) is 8.69. The first-order valence-electron chi connectivity index (χ1n) is 8.13. The van der Waals surface area contributed by atoms with Crippen LogP contribution in [0.5, 0.6) is 5.75 Å². The molecule has 2 heterocycles. The number of halogens is 3. The van der Waals surface area contributed by atoms with Gasteiger partial charge in [0.25, 0.3) is 5.91 Å². The molecule has 2 aromatic heterocycles. The maximum Gasteiger partial charge on any atom is 0.287 e. The summed E-state index contributed by atoms with van der Waals surface area (Å²) in [4.78, 5) is 12.2. The van der Waals surface area contributed by atoms with E-state index in [0.717, 1.165) is 12.2 Å². The number of carbonyl (C=O) groups is 1. The predicted molar refractivity (Wildman–Crippen MR) is 104 cm³/mol. The van der Waals surface area contributed by atoms with Gasteiger partial charge in [-0.25, -0.2) is 0 Å². The van der Waals surface area contributed by atoms with Gasteiger partial charge in [-0.3, -0.25) is 9.48 Å². The zero-order valence-electron chi connectivity index (χ0n) is 14.3. The molecule has 6 nitrogen and oxygen atoms in total. The molecule has 142 valence electrons. The van der Waals surface area contributed by atoms with Crippen molar-refractivity contribution < 1.29 is 13.9 Å². The van der Waals surface area contributed by atoms with Crippen LogP contribution >= 0.6 is 34.8 Å². The van der Waals surface area contributed by atoms with E-state index >= 15 is 0 Å². The van der Waals surface area contributed by atoms with E-state index in [2.05, 4.69) is 10.4 Å². The highest BCUT2D eigenvalue weighted by molar-refractivity contribution is 6.40. The number of nitrogens with one attached hydrogen (secondary N) is 1. The molecule has 3 rings (SSSR count). The van der Waals surface area contributed by atoms with E-state index in [4.69, 9.17) is 44.0 Å². The lowest BCUT2D eigenvalue weighted by molar-refractivity contribution is 0.0918. The number of furan rings is 1. The van der Waals surface area contributed by atoms with E-state index in [0.29, 0.717) is 33.1 Å². The number of hydrogen-bond donors (Lipinski definition) is 1. The van der Waals surface area contributed by atoms with Crippen LogP contribution in [0, 0.1) is 0 Å². The van der Waals surface area contributed by atoms with Crippen LogP contribution in [0.4, 0.5) is 0 Å². The summed E-state index contributed by atoms with van der Waals surface area (Å²) >= 11 is 18.0. The molecule has 0 unspecified atom stereocenters. The molecule has 0 aliphatic carbocycles. The zero-order valence-corrected chi connectivity index (χ0v) is 16.6. The molecule has 0 saturated heterocycles. The highest BCUT2D eigenvalue weighted by atomic mass is 35.5. The lowest BCUT2D eigenvalue weighted by Gasteiger charge is -2.09. The third-order valence-corrected chi connectivity index (χ3v) is 4.52. The van der Waals surface area contributed by atoms with Crippen molar-refractivity contribution in [3.8, 4) is 5.75 Å². The molecule has 0 bridgehead atoms. The van der Waals surface area contributed by atoms with Crippen molar-refractivity contribution >= 4 is 40.7 Å². The SMILES string of the molecule is CCn1nccc1CNC(=O)c1ccc(COc2c(Cl)cc(Cl)cc2Cl)o1. The minimum Gasteiger partial charge on any atom is -0.483 e. The maximum absolute atomic E-state index is 12.2. The Hall–Kier alpha value is -2.15. The van der Waals surface area contributed by atoms with Gasteiger partial charge in [-0.2, -0.15) is 5.10 Å². The van der Waals surface area contributed by atoms with Gasteiger partial charge in [0.15, 0.2) is 11.5 Å². The van der Waals surface area contributed by atoms with E-state index in [1.807, 2.05) is 13.0 Å². The summed E-state index contributed by atoms with van der Waals surface area (Å²) in [7, 11) is 0. The highest BCUT2D eigenvalue weighted by Gasteiger charge is 2.14. The Bertz CT molecular complexity index is 929. The quantitative estimate of drug-likeness (QED) is 0.577. The maximum atomic E-state index is 12.2. The van der Waals surface area contributed by atoms with Crippen molar-refractivity contribution in [2.75, 3.05) is 0 Å². The zero-order chi connectivity index (χ0) is 19.4. The average molecular weight is 429 g/mol. The normalized spacial score (nSPS) is 10.8. The first-order chi connectivity index (χ1) is 13.0. The fourth-order valence-electron chi connectivity index (χ4n) is 2.44. The van der Waals surface area contributed by atoms with Crippen LogP contribution < -0.4 is 10.1 Å². The van der Waals surface area contributed by atoms with Gasteiger partial charge in [0.2, 0.25) is 0 Å². The first kappa shape index (κ1) is 19.6. The van der Waals surface area contributed by atoms with Crippen molar-refractivity contribution in [2.24, 2.45) is 0 Å². The van der Waals surface area contributed by atoms with Gasteiger partial charge < -0.3 is 14.5 Å². The number of aryl methyl sites for hydroxylation is 1. The van der Waals surface area contributed by atoms with Crippen molar-refractivity contribution in [3.05, 3.63) is 68.8 Å². The molecule has 0 saturated carbocycles. The number of benzene rings is 1. The third kappa shape index (κ3) is 4.77. The second-order valence-corrected chi connectivity index (χ2v) is 6.83. The molecule has 0 radical (unpaired) electrons. The summed E-state index contributed by atoms with van der Waals surface area (Å²) in [6.45, 7) is 3.14. The molecule has 0 spiro atoms. The fraction of sp³-hybridized carbons (Fsp3) is 0.222. The number of amides is 1. The number of aromatic nitrogens is 2. The Morgan fingerprint density at radius 2 is 1.96 bits per heavy atom. The van der Waals surface area contributed by atoms with Crippen LogP contribution in [0.1, 0.15) is 28.9 Å². The van der Waals surface area contributed by atoms with Gasteiger partial charge in [0.05, 0.1) is 22.3 Å². The number of ether oxygens (including phenoxy) is 1. The fourth-order valence-corrected chi connectivity index (χ4v) is 3.37. The van der Waals surface area contributed by atoms with E-state index in [1.54, 1.807) is 23.0 Å². The van der Waals surface area contributed by atoms with E-state index in [1.165, 1.54) is 12.1 Å². The highest BCUT2D eigenvalue weighted by Crippen LogP contribution is 2.36. The minimum absolute atomic E-state index is 0.0664. The molecular formula is C18H16Cl3N3O3. The van der Waals surface area contributed by atoms with E-state index in [-0.39, 0.29) is 18.3 Å². The van der Waals surface area contributed by atoms with Crippen LogP contribution in [0.3, 0.4) is 0 Å². The molecule has 0 fully saturated rings. The topological polar surface area (TPSA) is 69.3 Å². The van der Waals surface area contributed by atoms with Crippen LogP contribution in [0.2, 0.25) is 15.1 Å². The Balaban J connectivity index is 1.59. The molecular weight excluding hydrogens is 413 g/mol. The van der Waals surface area contributed by atoms with Crippen LogP contribution in [-0.4, -0.2) is 15.7 Å². The molecule has 0 aliphatic heterocycles. The summed E-state index contributed by atoms with van der Waals surface area (Å²) in [5, 5.41) is 7.96. The van der Waals surface area contributed by atoms with E-state index < -0.39 is 0 Å². The smallest absolute Gasteiger partial charge is 0.287 e. The van der Waals surface area contributed by atoms with Gasteiger partial charge in [0.1, 0.15) is 12.4 Å². The first-order valence-corrected chi connectivity index (χ1v) is 9.26. The van der Waals surface area contributed by atoms with Crippen molar-refractivity contribution in [2.45, 2.75) is 26.6 Å². The molecule has 1 amide bonds. The summed E-state index contributed by atoms with van der Waals surface area (Å²) in [6, 6.07) is 8.16. The standard InChI is InChI=1S/C18H16Cl3N3O3/c1-2-24-12(5-6-23-24)9-22-18(25)16-4-3-13(27-16)10-26-17-14(20)7-11(19)8-15(17)21/h3-8H,2,9-10H2,1H3,(H,22,25). The van der Waals surface area contributed by atoms with Crippen LogP contribution in [0.15, 0.2) is 40.9 Å². The largest absolute Gasteiger partial charge is 0.483 e. The monoisotopic (exact) mass is 427 g/mol.